The molecular formula is C33H36O6. The van der Waals surface area contributed by atoms with E-state index in [9.17, 15) is 4.79 Å². The highest BCUT2D eigenvalue weighted by Crippen LogP contribution is 2.47. The Morgan fingerprint density at radius 1 is 0.846 bits per heavy atom. The molecule has 0 atom stereocenters. The number of ether oxygens (including phenoxy) is 3. The summed E-state index contributed by atoms with van der Waals surface area (Å²) in [6.45, 7) is 4.18. The minimum atomic E-state index is -0.836. The van der Waals surface area contributed by atoms with Crippen LogP contribution >= 0.6 is 0 Å². The van der Waals surface area contributed by atoms with E-state index in [1.165, 1.54) is 0 Å². The summed E-state index contributed by atoms with van der Waals surface area (Å²) in [6.07, 6.45) is 5.75. The third kappa shape index (κ3) is 6.30. The van der Waals surface area contributed by atoms with E-state index in [1.807, 2.05) is 73.7 Å². The molecular weight excluding hydrogens is 492 g/mol. The van der Waals surface area contributed by atoms with E-state index >= 15 is 0 Å². The fourth-order valence-corrected chi connectivity index (χ4v) is 4.36. The van der Waals surface area contributed by atoms with Gasteiger partial charge in [0.2, 0.25) is 0 Å². The Morgan fingerprint density at radius 3 is 1.82 bits per heavy atom. The Labute approximate surface area is 230 Å². The van der Waals surface area contributed by atoms with Crippen LogP contribution in [-0.2, 0) is 5.60 Å². The Hall–Kier alpha value is -4.13. The molecule has 0 bridgehead atoms. The molecule has 204 valence electrons. The summed E-state index contributed by atoms with van der Waals surface area (Å²) < 4.78 is 17.9. The second kappa shape index (κ2) is 14.1. The number of methoxy groups -OCH3 is 2. The van der Waals surface area contributed by atoms with Gasteiger partial charge in [-0.2, -0.15) is 0 Å². The van der Waals surface area contributed by atoms with Crippen molar-refractivity contribution in [1.82, 2.24) is 0 Å². The molecule has 6 nitrogen and oxygen atoms in total. The third-order valence-electron chi connectivity index (χ3n) is 6.17. The largest absolute Gasteiger partial charge is 0.493 e. The molecule has 2 N–H and O–H groups in total. The second-order valence-electron chi connectivity index (χ2n) is 8.70. The van der Waals surface area contributed by atoms with E-state index < -0.39 is 5.60 Å². The van der Waals surface area contributed by atoms with Crippen LogP contribution in [0.3, 0.4) is 0 Å². The molecule has 6 heteroatoms. The van der Waals surface area contributed by atoms with Crippen molar-refractivity contribution in [3.8, 4) is 17.2 Å². The van der Waals surface area contributed by atoms with Crippen LogP contribution in [0.5, 0.6) is 17.2 Å². The Kier molecular flexibility index (Phi) is 10.7. The third-order valence-corrected chi connectivity index (χ3v) is 6.17. The molecule has 0 radical (unpaired) electrons. The lowest BCUT2D eigenvalue weighted by Gasteiger charge is -2.37. The molecule has 0 unspecified atom stereocenters. The van der Waals surface area contributed by atoms with Gasteiger partial charge in [-0.1, -0.05) is 67.6 Å². The Bertz CT molecular complexity index is 1340. The van der Waals surface area contributed by atoms with Crippen molar-refractivity contribution < 1.29 is 29.2 Å². The maximum atomic E-state index is 12.0. The van der Waals surface area contributed by atoms with E-state index in [4.69, 9.17) is 24.4 Å². The molecule has 1 aliphatic heterocycles. The maximum absolute atomic E-state index is 12.0. The number of carbonyl (C=O) groups is 1. The van der Waals surface area contributed by atoms with Gasteiger partial charge in [0.15, 0.2) is 23.4 Å². The van der Waals surface area contributed by atoms with E-state index in [1.54, 1.807) is 21.1 Å². The Balaban J connectivity index is 0.000000542. The second-order valence-corrected chi connectivity index (χ2v) is 8.70. The van der Waals surface area contributed by atoms with Crippen molar-refractivity contribution in [3.05, 3.63) is 107 Å². The lowest BCUT2D eigenvalue weighted by molar-refractivity contribution is 0.112. The molecule has 0 saturated heterocycles. The SMILES string of the molecule is CCCO.CCO.COc1cc2cc(C=O)c3c(c2cc1OC)OC(c1ccccc1)(c1ccccc1)C=C3. The first-order valence-corrected chi connectivity index (χ1v) is 12.9. The lowest BCUT2D eigenvalue weighted by Crippen LogP contribution is -2.34. The molecule has 0 aromatic heterocycles. The van der Waals surface area contributed by atoms with Crippen LogP contribution < -0.4 is 14.2 Å². The first kappa shape index (κ1) is 29.4. The van der Waals surface area contributed by atoms with Crippen LogP contribution in [0.15, 0.2) is 84.9 Å². The van der Waals surface area contributed by atoms with Gasteiger partial charge in [0.25, 0.3) is 0 Å². The highest BCUT2D eigenvalue weighted by molar-refractivity contribution is 6.01. The standard InChI is InChI=1S/C28H22O4.C3H8O.C2H6O/c1-30-25-16-19-15-20(18-29)23-13-14-28(21-9-5-3-6-10-21,22-11-7-4-8-12-22)32-27(23)24(19)17-26(25)31-2;1-2-3-4;1-2-3/h3-18H,1-2H3;4H,2-3H2,1H3;3H,2H2,1H3. The summed E-state index contributed by atoms with van der Waals surface area (Å²) in [5.74, 6) is 1.84. The molecule has 1 heterocycles. The van der Waals surface area contributed by atoms with Crippen LogP contribution in [0.2, 0.25) is 0 Å². The van der Waals surface area contributed by atoms with Gasteiger partial charge in [0.05, 0.1) is 14.2 Å². The molecule has 1 aliphatic rings. The normalized spacial score (nSPS) is 12.6. The van der Waals surface area contributed by atoms with E-state index in [0.717, 1.165) is 40.2 Å². The predicted molar refractivity (Wildman–Crippen MR) is 156 cm³/mol. The van der Waals surface area contributed by atoms with Crippen molar-refractivity contribution in [2.24, 2.45) is 0 Å². The monoisotopic (exact) mass is 528 g/mol. The van der Waals surface area contributed by atoms with Crippen LogP contribution in [0.25, 0.3) is 16.8 Å². The molecule has 4 aromatic rings. The molecule has 0 aliphatic carbocycles. The number of hydrogen-bond acceptors (Lipinski definition) is 6. The zero-order valence-electron chi connectivity index (χ0n) is 22.9. The number of rotatable bonds is 6. The lowest BCUT2D eigenvalue weighted by atomic mass is 9.82. The molecule has 4 aromatic carbocycles. The summed E-state index contributed by atoms with van der Waals surface area (Å²) in [4.78, 5) is 12.0. The molecule has 39 heavy (non-hydrogen) atoms. The first-order chi connectivity index (χ1) is 19.0. The molecule has 5 rings (SSSR count). The number of hydrogen-bond donors (Lipinski definition) is 2. The summed E-state index contributed by atoms with van der Waals surface area (Å²) in [5, 5.41) is 17.1. The number of carbonyl (C=O) groups excluding carboxylic acids is 1. The summed E-state index contributed by atoms with van der Waals surface area (Å²) in [6, 6.07) is 25.8. The van der Waals surface area contributed by atoms with Crippen LogP contribution in [0.1, 0.15) is 47.3 Å². The fraction of sp³-hybridized carbons (Fsp3) is 0.242. The van der Waals surface area contributed by atoms with E-state index in [-0.39, 0.29) is 6.61 Å². The fourth-order valence-electron chi connectivity index (χ4n) is 4.36. The molecule has 0 fully saturated rings. The van der Waals surface area contributed by atoms with Crippen LogP contribution in [0.4, 0.5) is 0 Å². The molecule has 0 amide bonds. The number of aldehydes is 1. The van der Waals surface area contributed by atoms with Gasteiger partial charge in [-0.05, 0) is 49.1 Å². The predicted octanol–water partition coefficient (Wildman–Crippen LogP) is 6.41. The average Bonchev–Trinajstić information content (AvgIpc) is 3.01. The van der Waals surface area contributed by atoms with Crippen LogP contribution in [-0.4, -0.2) is 43.9 Å². The number of fused-ring (bicyclic) bond motifs is 3. The minimum absolute atomic E-state index is 0.250. The highest BCUT2D eigenvalue weighted by atomic mass is 16.5. The zero-order chi connectivity index (χ0) is 28.3. The van der Waals surface area contributed by atoms with Crippen molar-refractivity contribution >= 4 is 23.1 Å². The van der Waals surface area contributed by atoms with Crippen molar-refractivity contribution in [1.29, 1.82) is 0 Å². The van der Waals surface area contributed by atoms with Crippen molar-refractivity contribution in [2.45, 2.75) is 25.9 Å². The first-order valence-electron chi connectivity index (χ1n) is 12.9. The average molecular weight is 529 g/mol. The summed E-state index contributed by atoms with van der Waals surface area (Å²) >= 11 is 0. The minimum Gasteiger partial charge on any atom is -0.493 e. The number of aliphatic hydroxyl groups is 2. The van der Waals surface area contributed by atoms with E-state index in [0.29, 0.717) is 29.4 Å². The van der Waals surface area contributed by atoms with Gasteiger partial charge in [0.1, 0.15) is 5.75 Å². The summed E-state index contributed by atoms with van der Waals surface area (Å²) in [5.41, 5.74) is 2.47. The number of benzene rings is 4. The van der Waals surface area contributed by atoms with Gasteiger partial charge >= 0.3 is 0 Å². The maximum Gasteiger partial charge on any atom is 0.178 e. The Morgan fingerprint density at radius 2 is 1.36 bits per heavy atom. The smallest absolute Gasteiger partial charge is 0.178 e. The van der Waals surface area contributed by atoms with Crippen molar-refractivity contribution in [3.63, 3.8) is 0 Å². The molecule has 0 saturated carbocycles. The van der Waals surface area contributed by atoms with Gasteiger partial charge in [-0.15, -0.1) is 0 Å². The van der Waals surface area contributed by atoms with Gasteiger partial charge in [-0.3, -0.25) is 4.79 Å². The quantitative estimate of drug-likeness (QED) is 0.282. The van der Waals surface area contributed by atoms with Crippen molar-refractivity contribution in [2.75, 3.05) is 27.4 Å². The van der Waals surface area contributed by atoms with Gasteiger partial charge in [0, 0.05) is 40.9 Å². The summed E-state index contributed by atoms with van der Waals surface area (Å²) in [7, 11) is 3.20. The zero-order valence-corrected chi connectivity index (χ0v) is 22.9. The van der Waals surface area contributed by atoms with E-state index in [2.05, 4.69) is 24.3 Å². The van der Waals surface area contributed by atoms with Gasteiger partial charge in [-0.25, -0.2) is 0 Å². The molecule has 0 spiro atoms. The number of aliphatic hydroxyl groups excluding tert-OH is 2. The van der Waals surface area contributed by atoms with Crippen LogP contribution in [0, 0.1) is 0 Å². The highest BCUT2D eigenvalue weighted by Gasteiger charge is 2.38. The topological polar surface area (TPSA) is 85.2 Å². The van der Waals surface area contributed by atoms with Gasteiger partial charge < -0.3 is 24.4 Å².